The highest BCUT2D eigenvalue weighted by Gasteiger charge is 2.17. The number of hydrogen-bond donors (Lipinski definition) is 3. The minimum atomic E-state index is -0.556. The lowest BCUT2D eigenvalue weighted by Gasteiger charge is -2.20. The molecular formula is C24H33N3O3. The van der Waals surface area contributed by atoms with Crippen LogP contribution < -0.4 is 16.0 Å². The van der Waals surface area contributed by atoms with Gasteiger partial charge in [-0.3, -0.25) is 5.32 Å². The number of rotatable bonds is 7. The summed E-state index contributed by atoms with van der Waals surface area (Å²) in [6.45, 7) is 10.2. The molecule has 0 saturated heterocycles. The Labute approximate surface area is 179 Å². The summed E-state index contributed by atoms with van der Waals surface area (Å²) in [5.74, 6) is 0.389. The Kier molecular flexibility index (Phi) is 8.27. The lowest BCUT2D eigenvalue weighted by molar-refractivity contribution is 0.0635. The van der Waals surface area contributed by atoms with Crippen molar-refractivity contribution in [3.63, 3.8) is 0 Å². The molecule has 3 amide bonds. The van der Waals surface area contributed by atoms with Gasteiger partial charge in [0.1, 0.15) is 5.60 Å². The van der Waals surface area contributed by atoms with Crippen LogP contribution in [0.1, 0.15) is 45.7 Å². The lowest BCUT2D eigenvalue weighted by atomic mass is 10.0. The van der Waals surface area contributed by atoms with Gasteiger partial charge in [-0.25, -0.2) is 9.59 Å². The fraction of sp³-hybridized carbons (Fsp3) is 0.417. The summed E-state index contributed by atoms with van der Waals surface area (Å²) in [6, 6.07) is 15.2. The van der Waals surface area contributed by atoms with Crippen molar-refractivity contribution in [2.24, 2.45) is 5.92 Å². The second kappa shape index (κ2) is 10.7. The summed E-state index contributed by atoms with van der Waals surface area (Å²) in [4.78, 5) is 24.3. The monoisotopic (exact) mass is 411 g/mol. The first-order chi connectivity index (χ1) is 14.1. The normalized spacial score (nSPS) is 11.1. The number of anilines is 2. The predicted molar refractivity (Wildman–Crippen MR) is 122 cm³/mol. The zero-order chi connectivity index (χ0) is 22.1. The van der Waals surface area contributed by atoms with Gasteiger partial charge >= 0.3 is 12.1 Å². The quantitative estimate of drug-likeness (QED) is 0.555. The first kappa shape index (κ1) is 23.3. The molecule has 30 heavy (non-hydrogen) atoms. The molecule has 0 aromatic heterocycles. The number of hydrogen-bond acceptors (Lipinski definition) is 3. The molecule has 0 atom stereocenters. The Morgan fingerprint density at radius 2 is 1.37 bits per heavy atom. The number of ether oxygens (including phenoxy) is 1. The number of benzene rings is 2. The number of carbonyl (C=O) groups excluding carboxylic acids is 2. The van der Waals surface area contributed by atoms with E-state index in [1.807, 2.05) is 69.3 Å². The van der Waals surface area contributed by atoms with Crippen molar-refractivity contribution in [3.05, 3.63) is 59.7 Å². The zero-order valence-corrected chi connectivity index (χ0v) is 18.5. The van der Waals surface area contributed by atoms with Crippen LogP contribution in [0.4, 0.5) is 21.0 Å². The molecule has 2 aromatic carbocycles. The number of aryl methyl sites for hydroxylation is 2. The second-order valence-electron chi connectivity index (χ2n) is 8.67. The molecule has 0 aliphatic carbocycles. The van der Waals surface area contributed by atoms with E-state index in [1.165, 1.54) is 0 Å². The summed E-state index contributed by atoms with van der Waals surface area (Å²) in [5, 5.41) is 8.64. The third-order valence-corrected chi connectivity index (χ3v) is 4.25. The van der Waals surface area contributed by atoms with E-state index in [-0.39, 0.29) is 6.03 Å². The molecule has 0 bridgehead atoms. The Balaban J connectivity index is 2.04. The zero-order valence-electron chi connectivity index (χ0n) is 18.5. The predicted octanol–water partition coefficient (Wildman–Crippen LogP) is 5.60. The summed E-state index contributed by atoms with van der Waals surface area (Å²) in [7, 11) is 0. The second-order valence-corrected chi connectivity index (χ2v) is 8.67. The van der Waals surface area contributed by atoms with Crippen molar-refractivity contribution in [1.82, 2.24) is 5.32 Å². The molecular weight excluding hydrogens is 378 g/mol. The maximum Gasteiger partial charge on any atom is 0.412 e. The number of nitrogens with one attached hydrogen (secondary N) is 3. The van der Waals surface area contributed by atoms with Gasteiger partial charge in [0.2, 0.25) is 0 Å². The lowest BCUT2D eigenvalue weighted by Crippen LogP contribution is -2.32. The van der Waals surface area contributed by atoms with Crippen LogP contribution in [0, 0.1) is 5.92 Å². The highest BCUT2D eigenvalue weighted by molar-refractivity contribution is 5.90. The highest BCUT2D eigenvalue weighted by Crippen LogP contribution is 2.22. The molecule has 6 nitrogen and oxygen atoms in total. The van der Waals surface area contributed by atoms with Gasteiger partial charge in [-0.1, -0.05) is 50.2 Å². The van der Waals surface area contributed by atoms with Gasteiger partial charge in [-0.15, -0.1) is 0 Å². The molecule has 0 aliphatic rings. The Bertz CT molecular complexity index is 857. The average molecular weight is 412 g/mol. The molecule has 0 spiro atoms. The molecule has 0 aliphatic heterocycles. The fourth-order valence-corrected chi connectivity index (χ4v) is 2.87. The molecule has 0 saturated carbocycles. The van der Waals surface area contributed by atoms with Gasteiger partial charge in [0.15, 0.2) is 0 Å². The topological polar surface area (TPSA) is 79.5 Å². The molecule has 3 N–H and O–H groups in total. The van der Waals surface area contributed by atoms with Gasteiger partial charge < -0.3 is 15.4 Å². The fourth-order valence-electron chi connectivity index (χ4n) is 2.87. The molecule has 162 valence electrons. The third-order valence-electron chi connectivity index (χ3n) is 4.25. The standard InChI is InChI=1S/C24H33N3O3/c1-17(2)16-25-22(28)26-20-12-8-6-10-18(20)14-15-19-11-7-9-13-21(19)27-23(29)30-24(3,4)5/h6-13,17H,14-16H2,1-5H3,(H,27,29)(H2,25,26,28). The molecule has 6 heteroatoms. The van der Waals surface area contributed by atoms with Gasteiger partial charge in [0.25, 0.3) is 0 Å². The summed E-state index contributed by atoms with van der Waals surface area (Å²) in [6.07, 6.45) is 0.949. The Morgan fingerprint density at radius 3 is 1.87 bits per heavy atom. The summed E-state index contributed by atoms with van der Waals surface area (Å²) < 4.78 is 5.36. The van der Waals surface area contributed by atoms with Crippen LogP contribution in [-0.2, 0) is 17.6 Å². The number of amides is 3. The van der Waals surface area contributed by atoms with Crippen molar-refractivity contribution in [3.8, 4) is 0 Å². The average Bonchev–Trinajstić information content (AvgIpc) is 2.65. The van der Waals surface area contributed by atoms with Crippen molar-refractivity contribution in [2.45, 2.75) is 53.1 Å². The van der Waals surface area contributed by atoms with Crippen LogP contribution >= 0.6 is 0 Å². The highest BCUT2D eigenvalue weighted by atomic mass is 16.6. The maximum atomic E-state index is 12.2. The van der Waals surface area contributed by atoms with Crippen molar-refractivity contribution < 1.29 is 14.3 Å². The summed E-state index contributed by atoms with van der Waals surface area (Å²) >= 11 is 0. The van der Waals surface area contributed by atoms with Gasteiger partial charge in [-0.05, 0) is 62.8 Å². The van der Waals surface area contributed by atoms with E-state index in [0.29, 0.717) is 25.3 Å². The van der Waals surface area contributed by atoms with E-state index in [1.54, 1.807) is 0 Å². The van der Waals surface area contributed by atoms with E-state index in [2.05, 4.69) is 29.8 Å². The SMILES string of the molecule is CC(C)CNC(=O)Nc1ccccc1CCc1ccccc1NC(=O)OC(C)(C)C. The first-order valence-electron chi connectivity index (χ1n) is 10.3. The molecule has 2 rings (SSSR count). The molecule has 2 aromatic rings. The van der Waals surface area contributed by atoms with E-state index >= 15 is 0 Å². The van der Waals surface area contributed by atoms with Crippen molar-refractivity contribution in [2.75, 3.05) is 17.2 Å². The Morgan fingerprint density at radius 1 is 0.867 bits per heavy atom. The van der Waals surface area contributed by atoms with Crippen LogP contribution in [0.2, 0.25) is 0 Å². The largest absolute Gasteiger partial charge is 0.444 e. The number of urea groups is 1. The van der Waals surface area contributed by atoms with Gasteiger partial charge in [0.05, 0.1) is 0 Å². The summed E-state index contributed by atoms with van der Waals surface area (Å²) in [5.41, 5.74) is 3.00. The molecule has 0 fully saturated rings. The van der Waals surface area contributed by atoms with Gasteiger partial charge in [-0.2, -0.15) is 0 Å². The molecule has 0 unspecified atom stereocenters. The molecule has 0 radical (unpaired) electrons. The van der Waals surface area contributed by atoms with Crippen LogP contribution in [0.25, 0.3) is 0 Å². The Hall–Kier alpha value is -3.02. The van der Waals surface area contributed by atoms with E-state index in [4.69, 9.17) is 4.74 Å². The molecule has 0 heterocycles. The third kappa shape index (κ3) is 8.15. The van der Waals surface area contributed by atoms with E-state index < -0.39 is 11.7 Å². The number of carbonyl (C=O) groups is 2. The minimum absolute atomic E-state index is 0.205. The van der Waals surface area contributed by atoms with Crippen LogP contribution in [0.5, 0.6) is 0 Å². The van der Waals surface area contributed by atoms with Crippen molar-refractivity contribution >= 4 is 23.5 Å². The van der Waals surface area contributed by atoms with Crippen LogP contribution in [0.3, 0.4) is 0 Å². The van der Waals surface area contributed by atoms with Gasteiger partial charge in [0, 0.05) is 17.9 Å². The van der Waals surface area contributed by atoms with Crippen LogP contribution in [0.15, 0.2) is 48.5 Å². The van der Waals surface area contributed by atoms with Crippen molar-refractivity contribution in [1.29, 1.82) is 0 Å². The first-order valence-corrected chi connectivity index (χ1v) is 10.3. The minimum Gasteiger partial charge on any atom is -0.444 e. The number of para-hydroxylation sites is 2. The van der Waals surface area contributed by atoms with Crippen LogP contribution in [-0.4, -0.2) is 24.3 Å². The maximum absolute atomic E-state index is 12.2. The smallest absolute Gasteiger partial charge is 0.412 e. The van der Waals surface area contributed by atoms with E-state index in [9.17, 15) is 9.59 Å². The van der Waals surface area contributed by atoms with E-state index in [0.717, 1.165) is 22.5 Å².